The summed E-state index contributed by atoms with van der Waals surface area (Å²) in [6.45, 7) is 2.47. The van der Waals surface area contributed by atoms with Crippen LogP contribution in [0.5, 0.6) is 28.7 Å². The number of phenolic OH excluding ortho intramolecular Hbond substituents is 1. The Balaban J connectivity index is 0.000000291. The topological polar surface area (TPSA) is 292 Å². The maximum atomic E-state index is 12.9. The number of benzene rings is 2. The molecule has 3 heterocycles. The van der Waals surface area contributed by atoms with Crippen LogP contribution in [-0.4, -0.2) is 86.0 Å². The van der Waals surface area contributed by atoms with E-state index in [1.165, 1.54) is 32.2 Å². The number of carboxylic acids is 2. The van der Waals surface area contributed by atoms with Crippen LogP contribution >= 0.6 is 0 Å². The van der Waals surface area contributed by atoms with Crippen LogP contribution in [-0.2, 0) is 25.7 Å². The number of furan rings is 1. The van der Waals surface area contributed by atoms with Crippen LogP contribution in [0, 0.1) is 24.0 Å². The summed E-state index contributed by atoms with van der Waals surface area (Å²) >= 11 is 0. The molecular weight excluding hydrogens is 674 g/mol. The highest BCUT2D eigenvalue weighted by Gasteiger charge is 2.36. The number of esters is 2. The molecule has 2 aliphatic heterocycles. The maximum Gasteiger partial charge on any atom is 0.433 e. The number of phenols is 2. The van der Waals surface area contributed by atoms with Gasteiger partial charge in [0.15, 0.2) is 29.3 Å². The third kappa shape index (κ3) is 7.48. The molecule has 0 saturated carbocycles. The average molecular weight is 698 g/mol. The first-order valence-corrected chi connectivity index (χ1v) is 13.8. The molecule has 2 aliphatic rings. The normalized spacial score (nSPS) is 13.3. The Hall–Kier alpha value is -7.25. The highest BCUT2D eigenvalue weighted by molar-refractivity contribution is 6.03. The number of nitro groups is 1. The number of fused-ring (bicyclic) bond motifs is 2. The Morgan fingerprint density at radius 1 is 1.08 bits per heavy atom. The number of amides is 1. The van der Waals surface area contributed by atoms with Gasteiger partial charge in [0.2, 0.25) is 0 Å². The minimum absolute atomic E-state index is 0.169. The van der Waals surface area contributed by atoms with Crippen molar-refractivity contribution in [2.75, 3.05) is 13.2 Å². The van der Waals surface area contributed by atoms with E-state index in [1.807, 2.05) is 0 Å². The van der Waals surface area contributed by atoms with Crippen molar-refractivity contribution >= 4 is 48.4 Å². The van der Waals surface area contributed by atoms with Crippen molar-refractivity contribution in [1.82, 2.24) is 5.01 Å². The zero-order chi connectivity index (χ0) is 36.9. The molecule has 0 radical (unpaired) electrons. The monoisotopic (exact) mass is 697 g/mol. The number of aromatic hydroxyl groups is 2. The zero-order valence-corrected chi connectivity index (χ0v) is 25.6. The van der Waals surface area contributed by atoms with E-state index < -0.39 is 81.2 Å². The zero-order valence-electron chi connectivity index (χ0n) is 25.6. The van der Waals surface area contributed by atoms with Gasteiger partial charge < -0.3 is 43.8 Å². The lowest BCUT2D eigenvalue weighted by molar-refractivity contribution is -0.402. The molecule has 4 N–H and O–H groups in total. The van der Waals surface area contributed by atoms with Gasteiger partial charge in [0.1, 0.15) is 40.8 Å². The number of carbonyl (C=O) groups is 6. The predicted octanol–water partition coefficient (Wildman–Crippen LogP) is 3.21. The molecule has 1 saturated heterocycles. The molecule has 20 nitrogen and oxygen atoms in total. The fourth-order valence-corrected chi connectivity index (χ4v) is 4.44. The fraction of sp³-hybridized carbons (Fsp3) is 0.167. The Morgan fingerprint density at radius 3 is 2.38 bits per heavy atom. The number of hydrogen-bond acceptors (Lipinski definition) is 16. The van der Waals surface area contributed by atoms with E-state index in [4.69, 9.17) is 23.7 Å². The van der Waals surface area contributed by atoms with E-state index in [1.54, 1.807) is 0 Å². The smallest absolute Gasteiger partial charge is 0.433 e. The second-order valence-corrected chi connectivity index (χ2v) is 9.92. The number of hydrazone groups is 1. The van der Waals surface area contributed by atoms with Crippen molar-refractivity contribution < 1.29 is 77.5 Å². The number of aldehydes is 1. The minimum Gasteiger partial charge on any atom is -0.507 e. The van der Waals surface area contributed by atoms with Crippen molar-refractivity contribution in [3.63, 3.8) is 0 Å². The average Bonchev–Trinajstić information content (AvgIpc) is 3.65. The van der Waals surface area contributed by atoms with Crippen molar-refractivity contribution in [2.45, 2.75) is 20.5 Å². The summed E-state index contributed by atoms with van der Waals surface area (Å²) in [5.41, 5.74) is -1.80. The Kier molecular flexibility index (Phi) is 10.4. The first-order chi connectivity index (χ1) is 23.6. The van der Waals surface area contributed by atoms with Gasteiger partial charge in [0.25, 0.3) is 0 Å². The van der Waals surface area contributed by atoms with Gasteiger partial charge in [-0.2, -0.15) is 10.1 Å². The van der Waals surface area contributed by atoms with E-state index in [2.05, 4.69) is 9.84 Å². The molecule has 0 atom stereocenters. The van der Waals surface area contributed by atoms with Crippen LogP contribution in [0.2, 0.25) is 0 Å². The van der Waals surface area contributed by atoms with Crippen molar-refractivity contribution in [2.24, 2.45) is 5.10 Å². The van der Waals surface area contributed by atoms with Gasteiger partial charge >= 0.3 is 35.9 Å². The number of carboxylic acid groups (broad SMARTS) is 2. The van der Waals surface area contributed by atoms with E-state index >= 15 is 0 Å². The SMILES string of the molecule is Cc1cc(O)c(C=O)c2c1C(=O)Oc1c(COC(=O)C=CC(=O)O)c(O)c(C(=O)O)c(C)c1O2.O=C1OCCN1N=Cc1ccc([N+](=O)[O-])o1. The molecule has 1 amide bonds. The molecule has 0 aliphatic carbocycles. The van der Waals surface area contributed by atoms with Gasteiger partial charge in [-0.1, -0.05) is 0 Å². The molecule has 50 heavy (non-hydrogen) atoms. The summed E-state index contributed by atoms with van der Waals surface area (Å²) < 4.78 is 25.4. The van der Waals surface area contributed by atoms with Crippen molar-refractivity contribution in [3.8, 4) is 28.7 Å². The van der Waals surface area contributed by atoms with E-state index in [0.717, 1.165) is 11.1 Å². The fourth-order valence-electron chi connectivity index (χ4n) is 4.44. The van der Waals surface area contributed by atoms with Gasteiger partial charge in [0, 0.05) is 17.7 Å². The second kappa shape index (κ2) is 14.7. The molecule has 1 aromatic heterocycles. The lowest BCUT2D eigenvalue weighted by atomic mass is 10.0. The van der Waals surface area contributed by atoms with Crippen LogP contribution in [0.4, 0.5) is 10.7 Å². The number of nitrogens with zero attached hydrogens (tertiary/aromatic N) is 3. The molecular formula is C30H23N3O17. The van der Waals surface area contributed by atoms with Crippen LogP contribution in [0.3, 0.4) is 0 Å². The largest absolute Gasteiger partial charge is 0.507 e. The molecule has 1 fully saturated rings. The van der Waals surface area contributed by atoms with Gasteiger partial charge in [-0.15, -0.1) is 0 Å². The van der Waals surface area contributed by atoms with Gasteiger partial charge in [0.05, 0.1) is 30.0 Å². The summed E-state index contributed by atoms with van der Waals surface area (Å²) in [6.07, 6.45) is 1.98. The summed E-state index contributed by atoms with van der Waals surface area (Å²) in [5, 5.41) is 54.1. The quantitative estimate of drug-likeness (QED) is 0.0474. The number of hydrogen-bond donors (Lipinski definition) is 4. The van der Waals surface area contributed by atoms with E-state index in [0.29, 0.717) is 18.7 Å². The highest BCUT2D eigenvalue weighted by atomic mass is 16.6. The highest BCUT2D eigenvalue weighted by Crippen LogP contribution is 2.50. The number of aliphatic carboxylic acids is 1. The van der Waals surface area contributed by atoms with E-state index in [9.17, 15) is 54.2 Å². The first-order valence-electron chi connectivity index (χ1n) is 13.8. The Labute approximate surface area is 278 Å². The Bertz CT molecular complexity index is 2010. The van der Waals surface area contributed by atoms with Crippen molar-refractivity contribution in [3.05, 3.63) is 79.6 Å². The third-order valence-electron chi connectivity index (χ3n) is 6.73. The predicted molar refractivity (Wildman–Crippen MR) is 161 cm³/mol. The summed E-state index contributed by atoms with van der Waals surface area (Å²) in [6, 6.07) is 3.74. The number of cyclic esters (lactones) is 1. The summed E-state index contributed by atoms with van der Waals surface area (Å²) in [5.74, 6) is -8.08. The second-order valence-electron chi connectivity index (χ2n) is 9.92. The molecule has 0 bridgehead atoms. The van der Waals surface area contributed by atoms with E-state index in [-0.39, 0.29) is 47.0 Å². The van der Waals surface area contributed by atoms with Crippen LogP contribution in [0.25, 0.3) is 0 Å². The lowest BCUT2D eigenvalue weighted by Gasteiger charge is -2.18. The molecule has 2 aromatic carbocycles. The molecule has 20 heteroatoms. The molecule has 260 valence electrons. The van der Waals surface area contributed by atoms with Crippen LogP contribution in [0.15, 0.2) is 39.9 Å². The molecule has 0 unspecified atom stereocenters. The van der Waals surface area contributed by atoms with Crippen LogP contribution < -0.4 is 9.47 Å². The standard InChI is InChI=1S/C22H16O12.C8H7N3O5/c1-8-5-12(24)10(6-23)19-15(8)22(31)34-20-11(7-32-14(27)4-3-13(25)26)17(28)16(21(29)30)9(2)18(20)33-19;12-8-10(3-4-15-8)9-5-6-1-2-7(16-6)11(13)14/h3-6,24,28H,7H2,1-2H3,(H,25,26)(H,29,30);1-2,5H,3-4H2. The molecule has 3 aromatic rings. The number of ether oxygens (including phenoxy) is 4. The van der Waals surface area contributed by atoms with Crippen molar-refractivity contribution in [1.29, 1.82) is 0 Å². The van der Waals surface area contributed by atoms with Gasteiger partial charge in [-0.05, 0) is 31.5 Å². The lowest BCUT2D eigenvalue weighted by Crippen LogP contribution is -2.17. The number of rotatable bonds is 9. The number of aromatic carboxylic acids is 1. The minimum atomic E-state index is -1.60. The maximum absolute atomic E-state index is 12.9. The summed E-state index contributed by atoms with van der Waals surface area (Å²) in [7, 11) is 0. The molecule has 5 rings (SSSR count). The summed E-state index contributed by atoms with van der Waals surface area (Å²) in [4.78, 5) is 79.2. The number of carbonyl (C=O) groups excluding carboxylic acids is 4. The molecule has 0 spiro atoms. The number of aryl methyl sites for hydroxylation is 1. The van der Waals surface area contributed by atoms with Gasteiger partial charge in [-0.3, -0.25) is 14.9 Å². The third-order valence-corrected chi connectivity index (χ3v) is 6.73. The first kappa shape index (κ1) is 35.6. The van der Waals surface area contributed by atoms with Crippen LogP contribution in [0.1, 0.15) is 53.5 Å². The Morgan fingerprint density at radius 2 is 1.80 bits per heavy atom. The van der Waals surface area contributed by atoms with Gasteiger partial charge in [-0.25, -0.2) is 24.0 Å².